The van der Waals surface area contributed by atoms with Crippen molar-refractivity contribution < 1.29 is 4.39 Å². The molecule has 0 bridgehead atoms. The minimum Gasteiger partial charge on any atom is -0.310 e. The highest BCUT2D eigenvalue weighted by atomic mass is 19.1. The minimum absolute atomic E-state index is 0.107. The molecule has 102 valence electrons. The average molecular weight is 251 g/mol. The first kappa shape index (κ1) is 15.2. The molecule has 0 saturated carbocycles. The van der Waals surface area contributed by atoms with E-state index in [-0.39, 0.29) is 17.3 Å². The van der Waals surface area contributed by atoms with Crippen LogP contribution >= 0.6 is 0 Å². The molecule has 0 aliphatic heterocycles. The molecule has 2 heteroatoms. The molecule has 0 amide bonds. The summed E-state index contributed by atoms with van der Waals surface area (Å²) in [6.07, 6.45) is 0.901. The van der Waals surface area contributed by atoms with Crippen LogP contribution in [0.5, 0.6) is 0 Å². The van der Waals surface area contributed by atoms with Gasteiger partial charge in [0.1, 0.15) is 5.82 Å². The van der Waals surface area contributed by atoms with Crippen LogP contribution in [0.15, 0.2) is 24.3 Å². The quantitative estimate of drug-likeness (QED) is 0.809. The SMILES string of the molecule is CCC(NCC(C)C(C)(C)C)c1ccccc1F. The molecule has 18 heavy (non-hydrogen) atoms. The van der Waals surface area contributed by atoms with Gasteiger partial charge in [0.05, 0.1) is 0 Å². The summed E-state index contributed by atoms with van der Waals surface area (Å²) in [6.45, 7) is 12.0. The van der Waals surface area contributed by atoms with Crippen molar-refractivity contribution in [3.8, 4) is 0 Å². The summed E-state index contributed by atoms with van der Waals surface area (Å²) in [6, 6.07) is 7.15. The number of hydrogen-bond acceptors (Lipinski definition) is 1. The van der Waals surface area contributed by atoms with Gasteiger partial charge in [0.25, 0.3) is 0 Å². The van der Waals surface area contributed by atoms with E-state index in [1.807, 2.05) is 12.1 Å². The summed E-state index contributed by atoms with van der Waals surface area (Å²) in [7, 11) is 0. The van der Waals surface area contributed by atoms with Gasteiger partial charge in [0.2, 0.25) is 0 Å². The van der Waals surface area contributed by atoms with E-state index in [4.69, 9.17) is 0 Å². The average Bonchev–Trinajstić information content (AvgIpc) is 2.30. The van der Waals surface area contributed by atoms with Gasteiger partial charge >= 0.3 is 0 Å². The molecular weight excluding hydrogens is 225 g/mol. The lowest BCUT2D eigenvalue weighted by molar-refractivity contribution is 0.243. The number of nitrogens with one attached hydrogen (secondary N) is 1. The normalized spacial score (nSPS) is 15.4. The minimum atomic E-state index is -0.111. The Morgan fingerprint density at radius 2 is 1.83 bits per heavy atom. The van der Waals surface area contributed by atoms with E-state index in [1.54, 1.807) is 6.07 Å². The van der Waals surface area contributed by atoms with Crippen molar-refractivity contribution in [1.29, 1.82) is 0 Å². The summed E-state index contributed by atoms with van der Waals surface area (Å²) in [5, 5.41) is 3.49. The first-order valence-corrected chi connectivity index (χ1v) is 6.84. The van der Waals surface area contributed by atoms with E-state index >= 15 is 0 Å². The summed E-state index contributed by atoms with van der Waals surface area (Å²) in [5.41, 5.74) is 1.06. The number of hydrogen-bond donors (Lipinski definition) is 1. The molecule has 0 aliphatic rings. The molecule has 0 aromatic heterocycles. The zero-order chi connectivity index (χ0) is 13.8. The van der Waals surface area contributed by atoms with Gasteiger partial charge in [-0.05, 0) is 30.4 Å². The summed E-state index contributed by atoms with van der Waals surface area (Å²) < 4.78 is 13.7. The fourth-order valence-corrected chi connectivity index (χ4v) is 1.86. The number of benzene rings is 1. The predicted molar refractivity (Wildman–Crippen MR) is 76.1 cm³/mol. The molecule has 1 aromatic carbocycles. The van der Waals surface area contributed by atoms with E-state index in [1.165, 1.54) is 6.07 Å². The third-order valence-corrected chi connectivity index (χ3v) is 3.84. The fourth-order valence-electron chi connectivity index (χ4n) is 1.86. The first-order valence-electron chi connectivity index (χ1n) is 6.84. The molecule has 2 unspecified atom stereocenters. The molecule has 1 aromatic rings. The molecule has 1 N–H and O–H groups in total. The Bertz CT molecular complexity index is 368. The molecule has 1 nitrogen and oxygen atoms in total. The van der Waals surface area contributed by atoms with E-state index in [2.05, 4.69) is 39.9 Å². The van der Waals surface area contributed by atoms with Gasteiger partial charge in [0.15, 0.2) is 0 Å². The van der Waals surface area contributed by atoms with E-state index in [0.29, 0.717) is 5.92 Å². The van der Waals surface area contributed by atoms with Gasteiger partial charge in [-0.25, -0.2) is 4.39 Å². The molecule has 1 rings (SSSR count). The zero-order valence-electron chi connectivity index (χ0n) is 12.3. The molecule has 0 heterocycles. The predicted octanol–water partition coefficient (Wildman–Crippen LogP) is 4.55. The van der Waals surface area contributed by atoms with Crippen LogP contribution in [-0.2, 0) is 0 Å². The van der Waals surface area contributed by atoms with E-state index < -0.39 is 0 Å². The Labute approximate surface area is 111 Å². The van der Waals surface area contributed by atoms with E-state index in [0.717, 1.165) is 18.5 Å². The second kappa shape index (κ2) is 6.33. The van der Waals surface area contributed by atoms with Crippen molar-refractivity contribution in [3.05, 3.63) is 35.6 Å². The zero-order valence-corrected chi connectivity index (χ0v) is 12.3. The molecule has 0 radical (unpaired) electrons. The number of halogens is 1. The molecule has 0 spiro atoms. The van der Waals surface area contributed by atoms with Crippen molar-refractivity contribution in [1.82, 2.24) is 5.32 Å². The monoisotopic (exact) mass is 251 g/mol. The van der Waals surface area contributed by atoms with Crippen LogP contribution in [0.25, 0.3) is 0 Å². The molecule has 0 fully saturated rings. The van der Waals surface area contributed by atoms with Gasteiger partial charge in [-0.15, -0.1) is 0 Å². The van der Waals surface area contributed by atoms with Gasteiger partial charge in [-0.3, -0.25) is 0 Å². The van der Waals surface area contributed by atoms with Crippen molar-refractivity contribution >= 4 is 0 Å². The van der Waals surface area contributed by atoms with Crippen molar-refractivity contribution in [2.75, 3.05) is 6.54 Å². The lowest BCUT2D eigenvalue weighted by Crippen LogP contribution is -2.32. The molecule has 0 aliphatic carbocycles. The van der Waals surface area contributed by atoms with Crippen molar-refractivity contribution in [3.63, 3.8) is 0 Å². The summed E-state index contributed by atoms with van der Waals surface area (Å²) in [5.74, 6) is 0.443. The van der Waals surface area contributed by atoms with Crippen LogP contribution in [0.2, 0.25) is 0 Å². The van der Waals surface area contributed by atoms with Crippen LogP contribution < -0.4 is 5.32 Å². The van der Waals surface area contributed by atoms with Gasteiger partial charge in [-0.1, -0.05) is 52.8 Å². The maximum atomic E-state index is 13.7. The maximum absolute atomic E-state index is 13.7. The Hall–Kier alpha value is -0.890. The molecule has 0 saturated heterocycles. The fraction of sp³-hybridized carbons (Fsp3) is 0.625. The second-order valence-corrected chi connectivity index (χ2v) is 6.16. The van der Waals surface area contributed by atoms with Gasteiger partial charge in [0, 0.05) is 11.6 Å². The summed E-state index contributed by atoms with van der Waals surface area (Å²) >= 11 is 0. The lowest BCUT2D eigenvalue weighted by Gasteiger charge is -2.29. The second-order valence-electron chi connectivity index (χ2n) is 6.16. The molecule has 2 atom stereocenters. The van der Waals surface area contributed by atoms with Crippen LogP contribution in [0.3, 0.4) is 0 Å². The Morgan fingerprint density at radius 3 is 2.33 bits per heavy atom. The Kier molecular flexibility index (Phi) is 5.33. The van der Waals surface area contributed by atoms with E-state index in [9.17, 15) is 4.39 Å². The van der Waals surface area contributed by atoms with Crippen molar-refractivity contribution in [2.24, 2.45) is 11.3 Å². The smallest absolute Gasteiger partial charge is 0.127 e. The highest BCUT2D eigenvalue weighted by Crippen LogP contribution is 2.26. The summed E-state index contributed by atoms with van der Waals surface area (Å²) in [4.78, 5) is 0. The first-order chi connectivity index (χ1) is 8.36. The van der Waals surface area contributed by atoms with Crippen LogP contribution in [0, 0.1) is 17.2 Å². The third kappa shape index (κ3) is 4.09. The maximum Gasteiger partial charge on any atom is 0.127 e. The third-order valence-electron chi connectivity index (χ3n) is 3.84. The van der Waals surface area contributed by atoms with Gasteiger partial charge < -0.3 is 5.32 Å². The number of rotatable bonds is 5. The lowest BCUT2D eigenvalue weighted by atomic mass is 9.82. The molecular formula is C16H26FN. The van der Waals surface area contributed by atoms with Crippen LogP contribution in [-0.4, -0.2) is 6.54 Å². The van der Waals surface area contributed by atoms with Crippen LogP contribution in [0.4, 0.5) is 4.39 Å². The highest BCUT2D eigenvalue weighted by molar-refractivity contribution is 5.21. The standard InChI is InChI=1S/C16H26FN/c1-6-15(13-9-7-8-10-14(13)17)18-11-12(2)16(3,4)5/h7-10,12,15,18H,6,11H2,1-5H3. The Morgan fingerprint density at radius 1 is 1.22 bits per heavy atom. The topological polar surface area (TPSA) is 12.0 Å². The highest BCUT2D eigenvalue weighted by Gasteiger charge is 2.21. The van der Waals surface area contributed by atoms with Crippen molar-refractivity contribution in [2.45, 2.75) is 47.1 Å². The largest absolute Gasteiger partial charge is 0.310 e. The van der Waals surface area contributed by atoms with Gasteiger partial charge in [-0.2, -0.15) is 0 Å². The van der Waals surface area contributed by atoms with Crippen LogP contribution in [0.1, 0.15) is 52.6 Å². The Balaban J connectivity index is 2.67.